The largest absolute Gasteiger partial charge is 0.493 e. The van der Waals surface area contributed by atoms with Gasteiger partial charge in [0.15, 0.2) is 11.5 Å². The Morgan fingerprint density at radius 2 is 1.85 bits per heavy atom. The molecule has 2 aromatic carbocycles. The molecule has 0 atom stereocenters. The Bertz CT molecular complexity index is 945. The third-order valence-corrected chi connectivity index (χ3v) is 3.80. The number of hydrogen-bond acceptors (Lipinski definition) is 6. The predicted molar refractivity (Wildman–Crippen MR) is 94.7 cm³/mol. The molecule has 132 valence electrons. The molecule has 0 saturated carbocycles. The highest BCUT2D eigenvalue weighted by molar-refractivity contribution is 6.05. The molecular formula is C19H15NO6. The van der Waals surface area contributed by atoms with Crippen molar-refractivity contribution in [3.63, 3.8) is 0 Å². The molecule has 7 heteroatoms. The van der Waals surface area contributed by atoms with E-state index in [2.05, 4.69) is 0 Å². The van der Waals surface area contributed by atoms with Gasteiger partial charge in [0.25, 0.3) is 5.69 Å². The first-order valence-electron chi connectivity index (χ1n) is 7.64. The number of esters is 1. The fraction of sp³-hybridized carbons (Fsp3) is 0.105. The summed E-state index contributed by atoms with van der Waals surface area (Å²) in [7, 11) is 3.05. The summed E-state index contributed by atoms with van der Waals surface area (Å²) < 4.78 is 15.7. The van der Waals surface area contributed by atoms with Gasteiger partial charge in [-0.3, -0.25) is 10.1 Å². The van der Waals surface area contributed by atoms with E-state index in [-0.39, 0.29) is 5.69 Å². The minimum atomic E-state index is -0.527. The number of hydrogen-bond donors (Lipinski definition) is 0. The number of cyclic esters (lactones) is 1. The van der Waals surface area contributed by atoms with Crippen molar-refractivity contribution in [2.45, 2.75) is 0 Å². The summed E-state index contributed by atoms with van der Waals surface area (Å²) in [6.07, 6.45) is 3.13. The maximum atomic E-state index is 12.1. The van der Waals surface area contributed by atoms with Crippen molar-refractivity contribution >= 4 is 23.5 Å². The lowest BCUT2D eigenvalue weighted by Crippen LogP contribution is -1.98. The second-order valence-corrected chi connectivity index (χ2v) is 5.42. The molecule has 0 fully saturated rings. The maximum Gasteiger partial charge on any atom is 0.343 e. The minimum absolute atomic E-state index is 0.0465. The lowest BCUT2D eigenvalue weighted by molar-refractivity contribution is -0.384. The van der Waals surface area contributed by atoms with Gasteiger partial charge in [0.2, 0.25) is 0 Å². The van der Waals surface area contributed by atoms with Crippen LogP contribution in [0.3, 0.4) is 0 Å². The standard InChI is InChI=1S/C19H15NO6/c1-24-16-7-6-13(10-18(16)25-2)17-11-14(19(21)26-17)8-12-4-3-5-15(9-12)20(22)23/h3-11H,1-2H3/b14-8+. The molecule has 0 saturated heterocycles. The number of nitrogens with zero attached hydrogens (tertiary/aromatic N) is 1. The van der Waals surface area contributed by atoms with Crippen LogP contribution >= 0.6 is 0 Å². The van der Waals surface area contributed by atoms with Gasteiger partial charge < -0.3 is 14.2 Å². The first kappa shape index (κ1) is 17.2. The smallest absolute Gasteiger partial charge is 0.343 e. The van der Waals surface area contributed by atoms with Crippen LogP contribution in [0.4, 0.5) is 5.69 Å². The van der Waals surface area contributed by atoms with Gasteiger partial charge in [-0.1, -0.05) is 12.1 Å². The Kier molecular flexibility index (Phi) is 4.70. The highest BCUT2D eigenvalue weighted by Gasteiger charge is 2.23. The minimum Gasteiger partial charge on any atom is -0.493 e. The van der Waals surface area contributed by atoms with Gasteiger partial charge in [-0.05, 0) is 35.9 Å². The van der Waals surface area contributed by atoms with E-state index in [1.807, 2.05) is 0 Å². The summed E-state index contributed by atoms with van der Waals surface area (Å²) in [5.74, 6) is 0.917. The predicted octanol–water partition coefficient (Wildman–Crippen LogP) is 3.59. The molecule has 0 amide bonds. The zero-order valence-electron chi connectivity index (χ0n) is 14.1. The Hall–Kier alpha value is -3.61. The molecule has 0 radical (unpaired) electrons. The van der Waals surface area contributed by atoms with E-state index in [0.717, 1.165) is 0 Å². The van der Waals surface area contributed by atoms with Crippen LogP contribution in [0.2, 0.25) is 0 Å². The molecule has 0 aliphatic carbocycles. The number of nitro groups is 1. The Labute approximate surface area is 149 Å². The molecule has 7 nitrogen and oxygen atoms in total. The van der Waals surface area contributed by atoms with Crippen molar-refractivity contribution in [3.05, 3.63) is 75.4 Å². The third-order valence-electron chi connectivity index (χ3n) is 3.80. The van der Waals surface area contributed by atoms with Gasteiger partial charge in [0.1, 0.15) is 5.76 Å². The number of benzene rings is 2. The van der Waals surface area contributed by atoms with Crippen LogP contribution in [0, 0.1) is 10.1 Å². The topological polar surface area (TPSA) is 87.9 Å². The Morgan fingerprint density at radius 3 is 2.54 bits per heavy atom. The van der Waals surface area contributed by atoms with Crippen molar-refractivity contribution in [2.75, 3.05) is 14.2 Å². The SMILES string of the molecule is COc1ccc(C2=C/C(=C\c3cccc([N+](=O)[O-])c3)C(=O)O2)cc1OC. The second kappa shape index (κ2) is 7.10. The summed E-state index contributed by atoms with van der Waals surface area (Å²) >= 11 is 0. The molecule has 0 N–H and O–H groups in total. The van der Waals surface area contributed by atoms with Crippen LogP contribution < -0.4 is 9.47 Å². The van der Waals surface area contributed by atoms with E-state index in [9.17, 15) is 14.9 Å². The molecule has 2 aromatic rings. The first-order valence-corrected chi connectivity index (χ1v) is 7.64. The van der Waals surface area contributed by atoms with Crippen LogP contribution in [0.25, 0.3) is 11.8 Å². The van der Waals surface area contributed by atoms with Gasteiger partial charge in [-0.15, -0.1) is 0 Å². The fourth-order valence-electron chi connectivity index (χ4n) is 2.53. The van der Waals surface area contributed by atoms with E-state index in [4.69, 9.17) is 14.2 Å². The van der Waals surface area contributed by atoms with Crippen LogP contribution in [0.1, 0.15) is 11.1 Å². The molecule has 3 rings (SSSR count). The van der Waals surface area contributed by atoms with Crippen molar-refractivity contribution in [3.8, 4) is 11.5 Å². The van der Waals surface area contributed by atoms with Gasteiger partial charge in [0.05, 0.1) is 24.7 Å². The van der Waals surface area contributed by atoms with Crippen molar-refractivity contribution in [2.24, 2.45) is 0 Å². The highest BCUT2D eigenvalue weighted by atomic mass is 16.6. The highest BCUT2D eigenvalue weighted by Crippen LogP contribution is 2.34. The summed E-state index contributed by atoms with van der Waals surface area (Å²) in [6, 6.07) is 11.2. The number of ether oxygens (including phenoxy) is 3. The molecule has 0 aromatic heterocycles. The lowest BCUT2D eigenvalue weighted by atomic mass is 10.1. The van der Waals surface area contributed by atoms with Gasteiger partial charge >= 0.3 is 5.97 Å². The molecule has 1 aliphatic rings. The second-order valence-electron chi connectivity index (χ2n) is 5.42. The average Bonchev–Trinajstić information content (AvgIpc) is 3.01. The van der Waals surface area contributed by atoms with Crippen LogP contribution in [-0.4, -0.2) is 25.1 Å². The third kappa shape index (κ3) is 3.41. The number of rotatable bonds is 5. The van der Waals surface area contributed by atoms with Gasteiger partial charge in [0, 0.05) is 17.7 Å². The van der Waals surface area contributed by atoms with E-state index < -0.39 is 10.9 Å². The fourth-order valence-corrected chi connectivity index (χ4v) is 2.53. The number of carbonyl (C=O) groups excluding carboxylic acids is 1. The van der Waals surface area contributed by atoms with Gasteiger partial charge in [-0.2, -0.15) is 0 Å². The summed E-state index contributed by atoms with van der Waals surface area (Å²) in [6.45, 7) is 0. The van der Waals surface area contributed by atoms with Gasteiger partial charge in [-0.25, -0.2) is 4.79 Å². The van der Waals surface area contributed by atoms with E-state index in [0.29, 0.717) is 34.0 Å². The van der Waals surface area contributed by atoms with E-state index in [1.165, 1.54) is 26.4 Å². The van der Waals surface area contributed by atoms with Crippen LogP contribution in [0.5, 0.6) is 11.5 Å². The number of non-ortho nitro benzene ring substituents is 1. The monoisotopic (exact) mass is 353 g/mol. The van der Waals surface area contributed by atoms with Crippen molar-refractivity contribution in [1.29, 1.82) is 0 Å². The lowest BCUT2D eigenvalue weighted by Gasteiger charge is -2.09. The quantitative estimate of drug-likeness (QED) is 0.353. The number of methoxy groups -OCH3 is 2. The van der Waals surface area contributed by atoms with Crippen molar-refractivity contribution < 1.29 is 23.9 Å². The molecular weight excluding hydrogens is 338 g/mol. The summed E-state index contributed by atoms with van der Waals surface area (Å²) in [4.78, 5) is 22.5. The Morgan fingerprint density at radius 1 is 1.08 bits per heavy atom. The normalized spacial score (nSPS) is 14.8. The maximum absolute atomic E-state index is 12.1. The number of carbonyl (C=O) groups is 1. The van der Waals surface area contributed by atoms with Crippen molar-refractivity contribution in [1.82, 2.24) is 0 Å². The summed E-state index contributed by atoms with van der Waals surface area (Å²) in [5, 5.41) is 10.9. The molecule has 1 heterocycles. The number of nitro benzene ring substituents is 1. The van der Waals surface area contributed by atoms with Crippen LogP contribution in [-0.2, 0) is 9.53 Å². The zero-order valence-corrected chi connectivity index (χ0v) is 14.1. The molecule has 0 spiro atoms. The van der Waals surface area contributed by atoms with Crippen LogP contribution in [0.15, 0.2) is 54.1 Å². The molecule has 26 heavy (non-hydrogen) atoms. The summed E-state index contributed by atoms with van der Waals surface area (Å²) in [5.41, 5.74) is 1.44. The molecule has 1 aliphatic heterocycles. The van der Waals surface area contributed by atoms with E-state index in [1.54, 1.807) is 42.5 Å². The average molecular weight is 353 g/mol. The first-order chi connectivity index (χ1) is 12.5. The van der Waals surface area contributed by atoms with E-state index >= 15 is 0 Å². The zero-order chi connectivity index (χ0) is 18.7. The Balaban J connectivity index is 1.94. The molecule has 0 bridgehead atoms. The molecule has 0 unspecified atom stereocenters.